The van der Waals surface area contributed by atoms with E-state index in [1.807, 2.05) is 13.0 Å². The first kappa shape index (κ1) is 17.6. The molecule has 1 aromatic carbocycles. The first-order valence-electron chi connectivity index (χ1n) is 9.95. The Bertz CT molecular complexity index is 776. The van der Waals surface area contributed by atoms with Crippen LogP contribution < -0.4 is 4.74 Å². The molecule has 0 spiro atoms. The summed E-state index contributed by atoms with van der Waals surface area (Å²) in [5, 5.41) is 11.0. The van der Waals surface area contributed by atoms with Crippen molar-refractivity contribution in [1.29, 1.82) is 0 Å². The van der Waals surface area contributed by atoms with Crippen molar-refractivity contribution in [2.45, 2.75) is 70.3 Å². The second-order valence-electron chi connectivity index (χ2n) is 8.60. The number of esters is 1. The van der Waals surface area contributed by atoms with Crippen LogP contribution in [0.5, 0.6) is 5.75 Å². The van der Waals surface area contributed by atoms with Gasteiger partial charge in [-0.2, -0.15) is 0 Å². The number of rotatable bonds is 2. The molecule has 5 unspecified atom stereocenters. The molecule has 1 aromatic rings. The molecule has 2 saturated carbocycles. The van der Waals surface area contributed by atoms with Gasteiger partial charge in [0, 0.05) is 11.8 Å². The van der Waals surface area contributed by atoms with Gasteiger partial charge in [-0.15, -0.1) is 6.42 Å². The Morgan fingerprint density at radius 3 is 2.88 bits per heavy atom. The lowest BCUT2D eigenvalue weighted by Crippen LogP contribution is -2.50. The molecule has 2 fully saturated rings. The quantitative estimate of drug-likeness (QED) is 0.492. The van der Waals surface area contributed by atoms with Crippen LogP contribution in [0.25, 0.3) is 0 Å². The molecule has 0 amide bonds. The number of fused-ring (bicyclic) bond motifs is 5. The van der Waals surface area contributed by atoms with Crippen molar-refractivity contribution in [2.75, 3.05) is 0 Å². The lowest BCUT2D eigenvalue weighted by Gasteiger charge is -2.52. The fraction of sp³-hybridized carbons (Fsp3) is 0.609. The van der Waals surface area contributed by atoms with Crippen LogP contribution >= 0.6 is 0 Å². The molecule has 0 radical (unpaired) electrons. The predicted molar refractivity (Wildman–Crippen MR) is 101 cm³/mol. The molecule has 0 aliphatic heterocycles. The van der Waals surface area contributed by atoms with E-state index in [0.29, 0.717) is 29.9 Å². The summed E-state index contributed by atoms with van der Waals surface area (Å²) in [6.45, 7) is 4.02. The van der Waals surface area contributed by atoms with Crippen LogP contribution in [-0.4, -0.2) is 16.7 Å². The van der Waals surface area contributed by atoms with E-state index in [-0.39, 0.29) is 11.4 Å². The van der Waals surface area contributed by atoms with E-state index < -0.39 is 5.60 Å². The van der Waals surface area contributed by atoms with Crippen molar-refractivity contribution >= 4 is 5.97 Å². The molecule has 3 aliphatic rings. The molecule has 3 aliphatic carbocycles. The second-order valence-corrected chi connectivity index (χ2v) is 8.60. The summed E-state index contributed by atoms with van der Waals surface area (Å²) in [5.74, 6) is 4.83. The summed E-state index contributed by atoms with van der Waals surface area (Å²) >= 11 is 0. The van der Waals surface area contributed by atoms with E-state index in [4.69, 9.17) is 11.2 Å². The fourth-order valence-corrected chi connectivity index (χ4v) is 6.08. The minimum atomic E-state index is -0.943. The molecule has 4 rings (SSSR count). The van der Waals surface area contributed by atoms with Crippen LogP contribution in [-0.2, 0) is 11.2 Å². The third kappa shape index (κ3) is 2.42. The monoisotopic (exact) mass is 352 g/mol. The molecule has 0 heterocycles. The molecule has 26 heavy (non-hydrogen) atoms. The summed E-state index contributed by atoms with van der Waals surface area (Å²) < 4.78 is 5.40. The van der Waals surface area contributed by atoms with Gasteiger partial charge in [-0.05, 0) is 79.5 Å². The van der Waals surface area contributed by atoms with Crippen LogP contribution in [0.3, 0.4) is 0 Å². The van der Waals surface area contributed by atoms with Gasteiger partial charge in [-0.25, -0.2) is 0 Å². The molecule has 1 N–H and O–H groups in total. The van der Waals surface area contributed by atoms with Crippen LogP contribution in [0.15, 0.2) is 18.2 Å². The maximum Gasteiger partial charge on any atom is 0.310 e. The lowest BCUT2D eigenvalue weighted by molar-refractivity contribution is -0.134. The zero-order valence-electron chi connectivity index (χ0n) is 15.8. The Labute approximate surface area is 156 Å². The van der Waals surface area contributed by atoms with Crippen LogP contribution in [0.1, 0.15) is 69.4 Å². The number of carbonyl (C=O) groups is 1. The zero-order chi connectivity index (χ0) is 18.5. The largest absolute Gasteiger partial charge is 0.427 e. The summed E-state index contributed by atoms with van der Waals surface area (Å²) in [6.07, 6.45) is 12.1. The predicted octanol–water partition coefficient (Wildman–Crippen LogP) is 4.22. The summed E-state index contributed by atoms with van der Waals surface area (Å²) in [4.78, 5) is 11.6. The van der Waals surface area contributed by atoms with Crippen LogP contribution in [0, 0.1) is 29.6 Å². The highest BCUT2D eigenvalue weighted by Gasteiger charge is 2.61. The number of terminal acetylenes is 1. The summed E-state index contributed by atoms with van der Waals surface area (Å²) in [6, 6.07) is 6.16. The summed E-state index contributed by atoms with van der Waals surface area (Å²) in [7, 11) is 0. The molecular formula is C23H28O3. The number of benzene rings is 1. The summed E-state index contributed by atoms with van der Waals surface area (Å²) in [5.41, 5.74) is 1.63. The topological polar surface area (TPSA) is 46.5 Å². The van der Waals surface area contributed by atoms with Crippen molar-refractivity contribution in [1.82, 2.24) is 0 Å². The van der Waals surface area contributed by atoms with E-state index in [2.05, 4.69) is 25.0 Å². The SMILES string of the molecule is C#CC1(O)CCC2C3CCc4cc(OC(=O)CC)ccc4C3CCC21C. The minimum absolute atomic E-state index is 0.156. The van der Waals surface area contributed by atoms with Gasteiger partial charge in [0.1, 0.15) is 11.4 Å². The number of carbonyl (C=O) groups excluding carboxylic acids is 1. The van der Waals surface area contributed by atoms with Crippen molar-refractivity contribution in [3.05, 3.63) is 29.3 Å². The number of aliphatic hydroxyl groups is 1. The smallest absolute Gasteiger partial charge is 0.310 e. The molecule has 0 saturated heterocycles. The third-order valence-electron chi connectivity index (χ3n) is 7.61. The molecule has 3 nitrogen and oxygen atoms in total. The molecule has 0 bridgehead atoms. The van der Waals surface area contributed by atoms with Gasteiger partial charge in [-0.1, -0.05) is 25.8 Å². The van der Waals surface area contributed by atoms with Gasteiger partial charge in [0.2, 0.25) is 0 Å². The van der Waals surface area contributed by atoms with E-state index >= 15 is 0 Å². The fourth-order valence-electron chi connectivity index (χ4n) is 6.08. The van der Waals surface area contributed by atoms with Crippen molar-refractivity contribution < 1.29 is 14.6 Å². The van der Waals surface area contributed by atoms with E-state index in [0.717, 1.165) is 38.5 Å². The average molecular weight is 352 g/mol. The number of aryl methyl sites for hydroxylation is 1. The van der Waals surface area contributed by atoms with Gasteiger partial charge in [0.05, 0.1) is 0 Å². The Balaban J connectivity index is 1.62. The highest BCUT2D eigenvalue weighted by Crippen LogP contribution is 2.64. The highest BCUT2D eigenvalue weighted by atomic mass is 16.5. The minimum Gasteiger partial charge on any atom is -0.427 e. The third-order valence-corrected chi connectivity index (χ3v) is 7.61. The molecular weight excluding hydrogens is 324 g/mol. The standard InChI is InChI=1S/C23H28O3/c1-4-21(24)26-16-7-9-17-15(14-16)6-8-19-18(17)10-12-22(3)20(19)11-13-23(22,25)5-2/h2,7,9,14,18-20,25H,4,6,8,10-13H2,1,3H3. The van der Waals surface area contributed by atoms with Gasteiger partial charge >= 0.3 is 5.97 Å². The Kier molecular flexibility index (Phi) is 4.15. The maximum atomic E-state index is 11.6. The van der Waals surface area contributed by atoms with Crippen LogP contribution in [0.4, 0.5) is 0 Å². The maximum absolute atomic E-state index is 11.6. The van der Waals surface area contributed by atoms with Gasteiger partial charge in [0.15, 0.2) is 0 Å². The highest BCUT2D eigenvalue weighted by molar-refractivity contribution is 5.72. The van der Waals surface area contributed by atoms with E-state index in [1.54, 1.807) is 0 Å². The Morgan fingerprint density at radius 2 is 2.15 bits per heavy atom. The number of hydrogen-bond acceptors (Lipinski definition) is 3. The van der Waals surface area contributed by atoms with E-state index in [9.17, 15) is 9.90 Å². The van der Waals surface area contributed by atoms with Gasteiger partial charge < -0.3 is 9.84 Å². The second kappa shape index (κ2) is 6.13. The Morgan fingerprint density at radius 1 is 1.35 bits per heavy atom. The molecule has 0 aromatic heterocycles. The molecule has 5 atom stereocenters. The first-order valence-corrected chi connectivity index (χ1v) is 9.95. The molecule has 3 heteroatoms. The van der Waals surface area contributed by atoms with Crippen molar-refractivity contribution in [3.8, 4) is 18.1 Å². The zero-order valence-corrected chi connectivity index (χ0v) is 15.8. The molecule has 138 valence electrons. The van der Waals surface area contributed by atoms with Crippen LogP contribution in [0.2, 0.25) is 0 Å². The van der Waals surface area contributed by atoms with Crippen molar-refractivity contribution in [2.24, 2.45) is 17.3 Å². The number of hydrogen-bond donors (Lipinski definition) is 1. The normalized spacial score (nSPS) is 37.8. The van der Waals surface area contributed by atoms with Gasteiger partial charge in [-0.3, -0.25) is 4.79 Å². The number of ether oxygens (including phenoxy) is 1. The average Bonchev–Trinajstić information content (AvgIpc) is 2.93. The van der Waals surface area contributed by atoms with Gasteiger partial charge in [0.25, 0.3) is 0 Å². The first-order chi connectivity index (χ1) is 12.4. The van der Waals surface area contributed by atoms with Crippen molar-refractivity contribution in [3.63, 3.8) is 0 Å². The van der Waals surface area contributed by atoms with E-state index in [1.165, 1.54) is 11.1 Å². The lowest BCUT2D eigenvalue weighted by atomic mass is 9.53. The Hall–Kier alpha value is -1.79.